The highest BCUT2D eigenvalue weighted by molar-refractivity contribution is 5.87. The Bertz CT molecular complexity index is 480. The van der Waals surface area contributed by atoms with E-state index >= 15 is 0 Å². The van der Waals surface area contributed by atoms with Gasteiger partial charge in [-0.1, -0.05) is 12.1 Å². The molecule has 0 unspecified atom stereocenters. The van der Waals surface area contributed by atoms with Gasteiger partial charge in [0.1, 0.15) is 12.7 Å². The fourth-order valence-corrected chi connectivity index (χ4v) is 1.46. The smallest absolute Gasteiger partial charge is 0.335 e. The molecule has 0 aliphatic heterocycles. The van der Waals surface area contributed by atoms with Crippen molar-refractivity contribution in [2.45, 2.75) is 13.0 Å². The van der Waals surface area contributed by atoms with Crippen LogP contribution >= 0.6 is 0 Å². The lowest BCUT2D eigenvalue weighted by Gasteiger charge is -2.03. The zero-order chi connectivity index (χ0) is 11.4. The van der Waals surface area contributed by atoms with Crippen LogP contribution in [-0.4, -0.2) is 25.8 Å². The minimum Gasteiger partial charge on any atom is -0.478 e. The van der Waals surface area contributed by atoms with Gasteiger partial charge in [-0.2, -0.15) is 0 Å². The van der Waals surface area contributed by atoms with Crippen LogP contribution in [0.4, 0.5) is 0 Å². The molecule has 0 spiro atoms. The average molecular weight is 217 g/mol. The SMILES string of the molecule is O=C(O)c1cccc(CCn2cnnc2)c1. The highest BCUT2D eigenvalue weighted by Gasteiger charge is 2.03. The van der Waals surface area contributed by atoms with Crippen molar-refractivity contribution >= 4 is 5.97 Å². The molecule has 5 nitrogen and oxygen atoms in total. The first-order valence-electron chi connectivity index (χ1n) is 4.90. The number of benzene rings is 1. The summed E-state index contributed by atoms with van der Waals surface area (Å²) in [7, 11) is 0. The Hall–Kier alpha value is -2.17. The minimum absolute atomic E-state index is 0.321. The molecule has 1 aromatic heterocycles. The van der Waals surface area contributed by atoms with Crippen molar-refractivity contribution in [2.24, 2.45) is 0 Å². The second-order valence-electron chi connectivity index (χ2n) is 3.46. The van der Waals surface area contributed by atoms with Crippen LogP contribution in [0.15, 0.2) is 36.9 Å². The molecule has 5 heteroatoms. The zero-order valence-corrected chi connectivity index (χ0v) is 8.58. The molecular weight excluding hydrogens is 206 g/mol. The number of hydrogen-bond donors (Lipinski definition) is 1. The molecule has 2 rings (SSSR count). The second-order valence-corrected chi connectivity index (χ2v) is 3.46. The van der Waals surface area contributed by atoms with Crippen molar-refractivity contribution in [3.05, 3.63) is 48.0 Å². The Balaban J connectivity index is 2.04. The first kappa shape index (κ1) is 10.4. The predicted octanol–water partition coefficient (Wildman–Crippen LogP) is 1.22. The highest BCUT2D eigenvalue weighted by atomic mass is 16.4. The van der Waals surface area contributed by atoms with Crippen LogP contribution in [0.2, 0.25) is 0 Å². The van der Waals surface area contributed by atoms with E-state index in [1.54, 1.807) is 30.9 Å². The summed E-state index contributed by atoms with van der Waals surface area (Å²) in [6, 6.07) is 6.94. The van der Waals surface area contributed by atoms with E-state index in [2.05, 4.69) is 10.2 Å². The largest absolute Gasteiger partial charge is 0.478 e. The molecule has 2 aromatic rings. The Morgan fingerprint density at radius 2 is 2.06 bits per heavy atom. The molecule has 0 saturated heterocycles. The molecule has 0 fully saturated rings. The van der Waals surface area contributed by atoms with Crippen LogP contribution in [0.3, 0.4) is 0 Å². The van der Waals surface area contributed by atoms with Crippen molar-refractivity contribution in [3.8, 4) is 0 Å². The standard InChI is InChI=1S/C11H11N3O2/c15-11(16)10-3-1-2-9(6-10)4-5-14-7-12-13-8-14/h1-3,6-8H,4-5H2,(H,15,16). The molecule has 1 aromatic carbocycles. The van der Waals surface area contributed by atoms with Gasteiger partial charge in [0.2, 0.25) is 0 Å². The Kier molecular flexibility index (Phi) is 2.95. The molecule has 1 heterocycles. The zero-order valence-electron chi connectivity index (χ0n) is 8.58. The van der Waals surface area contributed by atoms with Gasteiger partial charge in [-0.3, -0.25) is 0 Å². The Morgan fingerprint density at radius 1 is 1.31 bits per heavy atom. The summed E-state index contributed by atoms with van der Waals surface area (Å²) in [4.78, 5) is 10.8. The van der Waals surface area contributed by atoms with Gasteiger partial charge >= 0.3 is 5.97 Å². The molecule has 82 valence electrons. The minimum atomic E-state index is -0.897. The summed E-state index contributed by atoms with van der Waals surface area (Å²) in [5.74, 6) is -0.897. The number of hydrogen-bond acceptors (Lipinski definition) is 3. The summed E-state index contributed by atoms with van der Waals surface area (Å²) in [5.41, 5.74) is 1.31. The van der Waals surface area contributed by atoms with Gasteiger partial charge in [0.25, 0.3) is 0 Å². The van der Waals surface area contributed by atoms with Crippen molar-refractivity contribution in [1.82, 2.24) is 14.8 Å². The van der Waals surface area contributed by atoms with E-state index in [0.717, 1.165) is 18.5 Å². The van der Waals surface area contributed by atoms with Crippen LogP contribution in [0.5, 0.6) is 0 Å². The number of nitrogens with zero attached hydrogens (tertiary/aromatic N) is 3. The Morgan fingerprint density at radius 3 is 2.75 bits per heavy atom. The molecule has 1 N–H and O–H groups in total. The van der Waals surface area contributed by atoms with Gasteiger partial charge in [0.05, 0.1) is 5.56 Å². The van der Waals surface area contributed by atoms with E-state index < -0.39 is 5.97 Å². The summed E-state index contributed by atoms with van der Waals surface area (Å²) < 4.78 is 1.85. The van der Waals surface area contributed by atoms with E-state index in [4.69, 9.17) is 5.11 Å². The summed E-state index contributed by atoms with van der Waals surface area (Å²) in [6.07, 6.45) is 4.04. The number of rotatable bonds is 4. The lowest BCUT2D eigenvalue weighted by molar-refractivity contribution is 0.0697. The number of carbonyl (C=O) groups is 1. The van der Waals surface area contributed by atoms with Crippen LogP contribution in [0.1, 0.15) is 15.9 Å². The lowest BCUT2D eigenvalue weighted by atomic mass is 10.1. The maximum atomic E-state index is 10.8. The highest BCUT2D eigenvalue weighted by Crippen LogP contribution is 2.07. The van der Waals surface area contributed by atoms with Crippen LogP contribution < -0.4 is 0 Å². The van der Waals surface area contributed by atoms with Gasteiger partial charge in [-0.25, -0.2) is 4.79 Å². The number of carboxylic acid groups (broad SMARTS) is 1. The average Bonchev–Trinajstić information content (AvgIpc) is 2.79. The van der Waals surface area contributed by atoms with Crippen molar-refractivity contribution < 1.29 is 9.90 Å². The fourth-order valence-electron chi connectivity index (χ4n) is 1.46. The quantitative estimate of drug-likeness (QED) is 0.836. The van der Waals surface area contributed by atoms with E-state index in [1.165, 1.54) is 0 Å². The lowest BCUT2D eigenvalue weighted by Crippen LogP contribution is -2.01. The van der Waals surface area contributed by atoms with Crippen LogP contribution in [-0.2, 0) is 13.0 Å². The molecule has 0 radical (unpaired) electrons. The maximum absolute atomic E-state index is 10.8. The molecule has 0 aliphatic rings. The monoisotopic (exact) mass is 217 g/mol. The number of aromatic nitrogens is 3. The number of carboxylic acids is 1. The fraction of sp³-hybridized carbons (Fsp3) is 0.182. The topological polar surface area (TPSA) is 68.0 Å². The third-order valence-electron chi connectivity index (χ3n) is 2.30. The number of aromatic carboxylic acids is 1. The van der Waals surface area contributed by atoms with E-state index in [9.17, 15) is 4.79 Å². The third kappa shape index (κ3) is 2.44. The summed E-state index contributed by atoms with van der Waals surface area (Å²) in [6.45, 7) is 0.746. The summed E-state index contributed by atoms with van der Waals surface area (Å²) >= 11 is 0. The molecule has 0 aliphatic carbocycles. The van der Waals surface area contributed by atoms with Crippen molar-refractivity contribution in [2.75, 3.05) is 0 Å². The Labute approximate surface area is 92.4 Å². The molecule has 0 bridgehead atoms. The first-order chi connectivity index (χ1) is 7.75. The maximum Gasteiger partial charge on any atom is 0.335 e. The summed E-state index contributed by atoms with van der Waals surface area (Å²) in [5, 5.41) is 16.2. The molecule has 0 amide bonds. The third-order valence-corrected chi connectivity index (χ3v) is 2.30. The van der Waals surface area contributed by atoms with Gasteiger partial charge in [0, 0.05) is 6.54 Å². The predicted molar refractivity (Wildman–Crippen MR) is 57.1 cm³/mol. The van der Waals surface area contributed by atoms with Gasteiger partial charge in [0.15, 0.2) is 0 Å². The second kappa shape index (κ2) is 4.57. The van der Waals surface area contributed by atoms with Gasteiger partial charge in [-0.05, 0) is 24.1 Å². The van der Waals surface area contributed by atoms with Gasteiger partial charge < -0.3 is 9.67 Å². The van der Waals surface area contributed by atoms with Crippen molar-refractivity contribution in [1.29, 1.82) is 0 Å². The van der Waals surface area contributed by atoms with E-state index in [1.807, 2.05) is 10.6 Å². The molecular formula is C11H11N3O2. The normalized spacial score (nSPS) is 10.2. The van der Waals surface area contributed by atoms with E-state index in [0.29, 0.717) is 5.56 Å². The van der Waals surface area contributed by atoms with Crippen LogP contribution in [0.25, 0.3) is 0 Å². The van der Waals surface area contributed by atoms with Crippen molar-refractivity contribution in [3.63, 3.8) is 0 Å². The van der Waals surface area contributed by atoms with E-state index in [-0.39, 0.29) is 0 Å². The van der Waals surface area contributed by atoms with Crippen LogP contribution in [0, 0.1) is 0 Å². The number of aryl methyl sites for hydroxylation is 2. The van der Waals surface area contributed by atoms with Gasteiger partial charge in [-0.15, -0.1) is 10.2 Å². The molecule has 0 saturated carbocycles. The first-order valence-corrected chi connectivity index (χ1v) is 4.90. The molecule has 0 atom stereocenters. The molecule has 16 heavy (non-hydrogen) atoms.